The molecule has 0 radical (unpaired) electrons. The molecule has 2 aromatic carbocycles. The summed E-state index contributed by atoms with van der Waals surface area (Å²) < 4.78 is 18.6. The Balaban J connectivity index is 2.27. The van der Waals surface area contributed by atoms with E-state index in [1.165, 1.54) is 25.3 Å². The molecule has 1 N–H and O–H groups in total. The maximum Gasteiger partial charge on any atom is 0.266 e. The Morgan fingerprint density at radius 1 is 1.29 bits per heavy atom. The SMILES string of the molecule is COc1ccc(/C=C(\C#N)C(=O)Nc2cccc(C)c2C)cc1F. The van der Waals surface area contributed by atoms with Crippen LogP contribution in [0, 0.1) is 31.0 Å². The number of rotatable bonds is 4. The van der Waals surface area contributed by atoms with Gasteiger partial charge < -0.3 is 10.1 Å². The molecule has 0 bridgehead atoms. The number of hydrogen-bond acceptors (Lipinski definition) is 3. The highest BCUT2D eigenvalue weighted by atomic mass is 19.1. The summed E-state index contributed by atoms with van der Waals surface area (Å²) in [5.74, 6) is -0.994. The normalized spacial score (nSPS) is 10.9. The number of nitrogens with one attached hydrogen (secondary N) is 1. The Morgan fingerprint density at radius 2 is 2.04 bits per heavy atom. The molecule has 1 amide bonds. The minimum absolute atomic E-state index is 0.102. The highest BCUT2D eigenvalue weighted by Crippen LogP contribution is 2.21. The van der Waals surface area contributed by atoms with Crippen molar-refractivity contribution in [2.24, 2.45) is 0 Å². The molecular formula is C19H17FN2O2. The zero-order valence-corrected chi connectivity index (χ0v) is 13.7. The average Bonchev–Trinajstić information content (AvgIpc) is 2.57. The van der Waals surface area contributed by atoms with Gasteiger partial charge in [-0.05, 0) is 54.8 Å². The van der Waals surface area contributed by atoms with E-state index in [0.29, 0.717) is 11.3 Å². The molecular weight excluding hydrogens is 307 g/mol. The number of carbonyl (C=O) groups excluding carboxylic acids is 1. The van der Waals surface area contributed by atoms with Crippen LogP contribution in [0.15, 0.2) is 42.0 Å². The van der Waals surface area contributed by atoms with Crippen LogP contribution in [0.5, 0.6) is 5.75 Å². The molecule has 0 aliphatic rings. The van der Waals surface area contributed by atoms with E-state index in [-0.39, 0.29) is 11.3 Å². The van der Waals surface area contributed by atoms with Gasteiger partial charge in [0.15, 0.2) is 11.6 Å². The van der Waals surface area contributed by atoms with Crippen molar-refractivity contribution in [2.75, 3.05) is 12.4 Å². The highest BCUT2D eigenvalue weighted by Gasteiger charge is 2.12. The lowest BCUT2D eigenvalue weighted by molar-refractivity contribution is -0.112. The van der Waals surface area contributed by atoms with Crippen LogP contribution >= 0.6 is 0 Å². The van der Waals surface area contributed by atoms with Crippen molar-refractivity contribution < 1.29 is 13.9 Å². The number of hydrogen-bond donors (Lipinski definition) is 1. The fourth-order valence-electron chi connectivity index (χ4n) is 2.16. The second-order valence-electron chi connectivity index (χ2n) is 5.27. The standard InChI is InChI=1S/C19H17FN2O2/c1-12-5-4-6-17(13(12)2)22-19(23)15(11-21)9-14-7-8-18(24-3)16(20)10-14/h4-10H,1-3H3,(H,22,23)/b15-9+. The molecule has 122 valence electrons. The topological polar surface area (TPSA) is 62.1 Å². The summed E-state index contributed by atoms with van der Waals surface area (Å²) in [5, 5.41) is 11.9. The minimum Gasteiger partial charge on any atom is -0.494 e. The quantitative estimate of drug-likeness (QED) is 0.683. The number of nitriles is 1. The molecule has 4 nitrogen and oxygen atoms in total. The molecule has 2 aromatic rings. The smallest absolute Gasteiger partial charge is 0.266 e. The predicted octanol–water partition coefficient (Wildman–Crippen LogP) is 4.00. The lowest BCUT2D eigenvalue weighted by atomic mass is 10.1. The van der Waals surface area contributed by atoms with Crippen molar-refractivity contribution in [3.63, 3.8) is 0 Å². The zero-order chi connectivity index (χ0) is 17.7. The molecule has 2 rings (SSSR count). The summed E-state index contributed by atoms with van der Waals surface area (Å²) in [6, 6.07) is 11.6. The van der Waals surface area contributed by atoms with Gasteiger partial charge >= 0.3 is 0 Å². The van der Waals surface area contributed by atoms with Gasteiger partial charge in [0.2, 0.25) is 0 Å². The van der Waals surface area contributed by atoms with Crippen LogP contribution in [-0.4, -0.2) is 13.0 Å². The fraction of sp³-hybridized carbons (Fsp3) is 0.158. The molecule has 0 aromatic heterocycles. The lowest BCUT2D eigenvalue weighted by Gasteiger charge is -2.10. The van der Waals surface area contributed by atoms with Gasteiger partial charge in [0.1, 0.15) is 11.6 Å². The molecule has 0 fully saturated rings. The van der Waals surface area contributed by atoms with Gasteiger partial charge in [-0.1, -0.05) is 18.2 Å². The molecule has 0 spiro atoms. The van der Waals surface area contributed by atoms with E-state index in [0.717, 1.165) is 11.1 Å². The van der Waals surface area contributed by atoms with Crippen molar-refractivity contribution in [3.05, 3.63) is 64.5 Å². The monoisotopic (exact) mass is 324 g/mol. The minimum atomic E-state index is -0.557. The first kappa shape index (κ1) is 17.2. The maximum absolute atomic E-state index is 13.7. The molecule has 0 aliphatic carbocycles. The molecule has 0 saturated heterocycles. The van der Waals surface area contributed by atoms with E-state index < -0.39 is 11.7 Å². The lowest BCUT2D eigenvalue weighted by Crippen LogP contribution is -2.14. The van der Waals surface area contributed by atoms with Crippen LogP contribution in [0.2, 0.25) is 0 Å². The van der Waals surface area contributed by atoms with E-state index in [9.17, 15) is 14.4 Å². The number of nitrogens with zero attached hydrogens (tertiary/aromatic N) is 1. The van der Waals surface area contributed by atoms with E-state index in [4.69, 9.17) is 4.74 Å². The number of carbonyl (C=O) groups is 1. The molecule has 0 saturated carbocycles. The number of halogens is 1. The molecule has 5 heteroatoms. The largest absolute Gasteiger partial charge is 0.494 e. The Morgan fingerprint density at radius 3 is 2.67 bits per heavy atom. The zero-order valence-electron chi connectivity index (χ0n) is 13.7. The van der Waals surface area contributed by atoms with E-state index in [1.807, 2.05) is 32.0 Å². The molecule has 0 atom stereocenters. The summed E-state index contributed by atoms with van der Waals surface area (Å²) >= 11 is 0. The van der Waals surface area contributed by atoms with E-state index in [2.05, 4.69) is 5.32 Å². The van der Waals surface area contributed by atoms with Gasteiger partial charge in [0, 0.05) is 5.69 Å². The number of aryl methyl sites for hydroxylation is 1. The summed E-state index contributed by atoms with van der Waals surface area (Å²) in [5.41, 5.74) is 2.90. The summed E-state index contributed by atoms with van der Waals surface area (Å²) in [6.45, 7) is 3.83. The van der Waals surface area contributed by atoms with Crippen LogP contribution in [-0.2, 0) is 4.79 Å². The molecule has 0 heterocycles. The van der Waals surface area contributed by atoms with Crippen molar-refractivity contribution in [1.82, 2.24) is 0 Å². The third-order valence-corrected chi connectivity index (χ3v) is 3.70. The second kappa shape index (κ2) is 7.42. The number of amides is 1. The van der Waals surface area contributed by atoms with Crippen LogP contribution < -0.4 is 10.1 Å². The third-order valence-electron chi connectivity index (χ3n) is 3.70. The first-order valence-electron chi connectivity index (χ1n) is 7.29. The Kier molecular flexibility index (Phi) is 5.33. The van der Waals surface area contributed by atoms with E-state index in [1.54, 1.807) is 12.1 Å². The Labute approximate surface area is 140 Å². The van der Waals surface area contributed by atoms with Gasteiger partial charge in [-0.15, -0.1) is 0 Å². The van der Waals surface area contributed by atoms with E-state index >= 15 is 0 Å². The predicted molar refractivity (Wildman–Crippen MR) is 91.1 cm³/mol. The van der Waals surface area contributed by atoms with Gasteiger partial charge in [0.05, 0.1) is 7.11 Å². The Bertz CT molecular complexity index is 851. The number of benzene rings is 2. The average molecular weight is 324 g/mol. The van der Waals surface area contributed by atoms with Crippen LogP contribution in [0.1, 0.15) is 16.7 Å². The number of methoxy groups -OCH3 is 1. The van der Waals surface area contributed by atoms with Crippen LogP contribution in [0.4, 0.5) is 10.1 Å². The van der Waals surface area contributed by atoms with Crippen molar-refractivity contribution in [2.45, 2.75) is 13.8 Å². The van der Waals surface area contributed by atoms with Gasteiger partial charge in [-0.25, -0.2) is 4.39 Å². The van der Waals surface area contributed by atoms with Crippen LogP contribution in [0.3, 0.4) is 0 Å². The molecule has 0 aliphatic heterocycles. The highest BCUT2D eigenvalue weighted by molar-refractivity contribution is 6.10. The summed E-state index contributed by atoms with van der Waals surface area (Å²) in [4.78, 5) is 12.3. The van der Waals surface area contributed by atoms with Gasteiger partial charge in [-0.3, -0.25) is 4.79 Å². The van der Waals surface area contributed by atoms with Crippen molar-refractivity contribution in [3.8, 4) is 11.8 Å². The van der Waals surface area contributed by atoms with Crippen molar-refractivity contribution >= 4 is 17.7 Å². The van der Waals surface area contributed by atoms with Crippen LogP contribution in [0.25, 0.3) is 6.08 Å². The van der Waals surface area contributed by atoms with Gasteiger partial charge in [-0.2, -0.15) is 5.26 Å². The maximum atomic E-state index is 13.7. The Hall–Kier alpha value is -3.13. The third kappa shape index (κ3) is 3.79. The first-order valence-corrected chi connectivity index (χ1v) is 7.29. The van der Waals surface area contributed by atoms with Crippen molar-refractivity contribution in [1.29, 1.82) is 5.26 Å². The molecule has 0 unspecified atom stereocenters. The molecule has 24 heavy (non-hydrogen) atoms. The first-order chi connectivity index (χ1) is 11.5. The van der Waals surface area contributed by atoms with Gasteiger partial charge in [0.25, 0.3) is 5.91 Å². The fourth-order valence-corrected chi connectivity index (χ4v) is 2.16. The number of ether oxygens (including phenoxy) is 1. The number of anilines is 1. The summed E-state index contributed by atoms with van der Waals surface area (Å²) in [7, 11) is 1.37. The second-order valence-corrected chi connectivity index (χ2v) is 5.27. The summed E-state index contributed by atoms with van der Waals surface area (Å²) in [6.07, 6.45) is 1.34.